The number of aromatic nitrogens is 2. The summed E-state index contributed by atoms with van der Waals surface area (Å²) in [6.45, 7) is 3.45. The molecule has 0 saturated carbocycles. The number of nitrogens with zero attached hydrogens (tertiary/aromatic N) is 2. The van der Waals surface area contributed by atoms with Gasteiger partial charge in [0.1, 0.15) is 5.75 Å². The number of nitrogens with one attached hydrogen (secondary N) is 1. The second-order valence-electron chi connectivity index (χ2n) is 5.50. The van der Waals surface area contributed by atoms with Crippen LogP contribution in [0.25, 0.3) is 0 Å². The number of hydrogen-bond donors (Lipinski definition) is 1. The molecule has 6 nitrogen and oxygen atoms in total. The zero-order valence-electron chi connectivity index (χ0n) is 14.0. The van der Waals surface area contributed by atoms with Crippen LogP contribution in [0, 0.1) is 6.92 Å². The van der Waals surface area contributed by atoms with Crippen molar-refractivity contribution in [2.45, 2.75) is 24.8 Å². The summed E-state index contributed by atoms with van der Waals surface area (Å²) in [7, 11) is -3.81. The van der Waals surface area contributed by atoms with Crippen LogP contribution in [0.15, 0.2) is 53.4 Å². The molecule has 26 heavy (non-hydrogen) atoms. The highest BCUT2D eigenvalue weighted by atomic mass is 35.5. The summed E-state index contributed by atoms with van der Waals surface area (Å²) in [6.07, 6.45) is -0.417. The van der Waals surface area contributed by atoms with Gasteiger partial charge in [-0.15, -0.1) is 0 Å². The summed E-state index contributed by atoms with van der Waals surface area (Å²) in [5.41, 5.74) is 0.479. The van der Waals surface area contributed by atoms with Crippen LogP contribution >= 0.6 is 23.1 Å². The van der Waals surface area contributed by atoms with E-state index in [1.165, 1.54) is 6.07 Å². The van der Waals surface area contributed by atoms with E-state index in [0.29, 0.717) is 22.2 Å². The smallest absolute Gasteiger partial charge is 0.264 e. The molecule has 1 heterocycles. The zero-order valence-corrected chi connectivity index (χ0v) is 16.4. The summed E-state index contributed by atoms with van der Waals surface area (Å²) in [5.74, 6) is 1.09. The third-order valence-corrected chi connectivity index (χ3v) is 6.26. The Labute approximate surface area is 161 Å². The maximum atomic E-state index is 12.6. The van der Waals surface area contributed by atoms with Gasteiger partial charge in [0.25, 0.3) is 10.0 Å². The van der Waals surface area contributed by atoms with Crippen LogP contribution in [0.5, 0.6) is 5.75 Å². The van der Waals surface area contributed by atoms with Crippen molar-refractivity contribution in [1.82, 2.24) is 9.36 Å². The average Bonchev–Trinajstić information content (AvgIpc) is 3.06. The first-order chi connectivity index (χ1) is 12.4. The van der Waals surface area contributed by atoms with Gasteiger partial charge in [0.2, 0.25) is 5.13 Å². The van der Waals surface area contributed by atoms with Crippen LogP contribution in [0.3, 0.4) is 0 Å². The fraction of sp³-hybridized carbons (Fsp3) is 0.176. The minimum absolute atomic E-state index is 0.107. The Bertz CT molecular complexity index is 1010. The predicted molar refractivity (Wildman–Crippen MR) is 102 cm³/mol. The Morgan fingerprint density at radius 2 is 1.88 bits per heavy atom. The largest absolute Gasteiger partial charge is 0.483 e. The van der Waals surface area contributed by atoms with Crippen LogP contribution in [-0.4, -0.2) is 17.8 Å². The van der Waals surface area contributed by atoms with Gasteiger partial charge in [-0.25, -0.2) is 8.42 Å². The molecule has 0 aliphatic rings. The summed E-state index contributed by atoms with van der Waals surface area (Å²) < 4.78 is 37.5. The number of anilines is 1. The van der Waals surface area contributed by atoms with Crippen molar-refractivity contribution in [2.24, 2.45) is 0 Å². The first-order valence-electron chi connectivity index (χ1n) is 7.70. The number of para-hydroxylation sites is 1. The van der Waals surface area contributed by atoms with Gasteiger partial charge in [-0.2, -0.15) is 9.36 Å². The van der Waals surface area contributed by atoms with Gasteiger partial charge in [-0.3, -0.25) is 4.72 Å². The standard InChI is InChI=1S/C17H16ClN3O3S2/c1-11-14(18)9-6-10-15(11)26(22,23)21-17-19-16(20-25-17)12(2)24-13-7-4-3-5-8-13/h3-10,12H,1-2H3,(H,19,20,21)/t12-/m1/s1. The van der Waals surface area contributed by atoms with Crippen LogP contribution in [0.2, 0.25) is 5.02 Å². The zero-order chi connectivity index (χ0) is 18.7. The molecular weight excluding hydrogens is 394 g/mol. The number of ether oxygens (including phenoxy) is 1. The number of halogens is 1. The maximum absolute atomic E-state index is 12.6. The second kappa shape index (κ2) is 7.61. The summed E-state index contributed by atoms with van der Waals surface area (Å²) >= 11 is 6.97. The molecule has 0 radical (unpaired) electrons. The van der Waals surface area contributed by atoms with Crippen molar-refractivity contribution in [1.29, 1.82) is 0 Å². The van der Waals surface area contributed by atoms with E-state index in [0.717, 1.165) is 11.5 Å². The minimum atomic E-state index is -3.81. The molecule has 136 valence electrons. The maximum Gasteiger partial charge on any atom is 0.264 e. The molecule has 0 bridgehead atoms. The van der Waals surface area contributed by atoms with Crippen molar-refractivity contribution >= 4 is 38.3 Å². The van der Waals surface area contributed by atoms with Crippen molar-refractivity contribution in [3.63, 3.8) is 0 Å². The SMILES string of the molecule is Cc1c(Cl)cccc1S(=O)(=O)Nc1nc([C@@H](C)Oc2ccccc2)ns1. The van der Waals surface area contributed by atoms with Gasteiger partial charge in [-0.1, -0.05) is 35.9 Å². The Hall–Kier alpha value is -2.16. The van der Waals surface area contributed by atoms with E-state index in [2.05, 4.69) is 14.1 Å². The molecule has 0 amide bonds. The van der Waals surface area contributed by atoms with Gasteiger partial charge in [0.15, 0.2) is 11.9 Å². The van der Waals surface area contributed by atoms with E-state index >= 15 is 0 Å². The molecule has 0 spiro atoms. The lowest BCUT2D eigenvalue weighted by molar-refractivity contribution is 0.218. The second-order valence-corrected chi connectivity index (χ2v) is 8.31. The van der Waals surface area contributed by atoms with Crippen molar-refractivity contribution in [2.75, 3.05) is 4.72 Å². The molecule has 3 rings (SSSR count). The molecule has 0 aliphatic carbocycles. The van der Waals surface area contributed by atoms with E-state index < -0.39 is 16.1 Å². The number of hydrogen-bond acceptors (Lipinski definition) is 6. The van der Waals surface area contributed by atoms with Crippen LogP contribution in [-0.2, 0) is 10.0 Å². The third kappa shape index (κ3) is 4.14. The average molecular weight is 410 g/mol. The molecule has 0 saturated heterocycles. The van der Waals surface area contributed by atoms with E-state index in [4.69, 9.17) is 16.3 Å². The molecule has 1 aromatic heterocycles. The van der Waals surface area contributed by atoms with E-state index in [-0.39, 0.29) is 10.0 Å². The van der Waals surface area contributed by atoms with Gasteiger partial charge in [-0.05, 0) is 43.7 Å². The lowest BCUT2D eigenvalue weighted by atomic mass is 10.2. The van der Waals surface area contributed by atoms with E-state index in [1.54, 1.807) is 26.0 Å². The Morgan fingerprint density at radius 3 is 2.62 bits per heavy atom. The predicted octanol–water partition coefficient (Wildman–Crippen LogP) is 4.44. The van der Waals surface area contributed by atoms with E-state index in [1.807, 2.05) is 30.3 Å². The lowest BCUT2D eigenvalue weighted by Crippen LogP contribution is -2.14. The van der Waals surface area contributed by atoms with Gasteiger partial charge in [0, 0.05) is 16.6 Å². The van der Waals surface area contributed by atoms with Crippen LogP contribution in [0.1, 0.15) is 24.4 Å². The normalized spacial score (nSPS) is 12.6. The molecule has 0 unspecified atom stereocenters. The molecule has 3 aromatic rings. The first kappa shape index (κ1) is 18.6. The van der Waals surface area contributed by atoms with Crippen molar-refractivity contribution in [3.05, 3.63) is 64.9 Å². The summed E-state index contributed by atoms with van der Waals surface area (Å²) in [4.78, 5) is 4.34. The van der Waals surface area contributed by atoms with Crippen molar-refractivity contribution < 1.29 is 13.2 Å². The highest BCUT2D eigenvalue weighted by Crippen LogP contribution is 2.27. The molecular formula is C17H16ClN3O3S2. The Balaban J connectivity index is 1.76. The number of benzene rings is 2. The molecule has 0 aliphatic heterocycles. The molecule has 2 aromatic carbocycles. The Kier molecular flexibility index (Phi) is 5.45. The molecule has 0 fully saturated rings. The van der Waals surface area contributed by atoms with Crippen LogP contribution < -0.4 is 9.46 Å². The fourth-order valence-corrected chi connectivity index (χ4v) is 4.61. The van der Waals surface area contributed by atoms with Crippen LogP contribution in [0.4, 0.5) is 5.13 Å². The lowest BCUT2D eigenvalue weighted by Gasteiger charge is -2.11. The summed E-state index contributed by atoms with van der Waals surface area (Å²) in [5, 5.41) is 0.554. The minimum Gasteiger partial charge on any atom is -0.483 e. The van der Waals surface area contributed by atoms with E-state index in [9.17, 15) is 8.42 Å². The van der Waals surface area contributed by atoms with Gasteiger partial charge >= 0.3 is 0 Å². The Morgan fingerprint density at radius 1 is 1.15 bits per heavy atom. The van der Waals surface area contributed by atoms with Gasteiger partial charge in [0.05, 0.1) is 4.90 Å². The highest BCUT2D eigenvalue weighted by molar-refractivity contribution is 7.93. The van der Waals surface area contributed by atoms with Gasteiger partial charge < -0.3 is 4.74 Å². The number of sulfonamides is 1. The quantitative estimate of drug-likeness (QED) is 0.650. The highest BCUT2D eigenvalue weighted by Gasteiger charge is 2.21. The fourth-order valence-electron chi connectivity index (χ4n) is 2.25. The third-order valence-electron chi connectivity index (χ3n) is 3.59. The first-order valence-corrected chi connectivity index (χ1v) is 10.3. The van der Waals surface area contributed by atoms with Crippen molar-refractivity contribution in [3.8, 4) is 5.75 Å². The molecule has 9 heteroatoms. The summed E-state index contributed by atoms with van der Waals surface area (Å²) in [6, 6.07) is 14.0. The monoisotopic (exact) mass is 409 g/mol. The number of rotatable bonds is 6. The topological polar surface area (TPSA) is 81.2 Å². The molecule has 1 atom stereocenters. The molecule has 1 N–H and O–H groups in total.